The first-order chi connectivity index (χ1) is 7.46. The number of hydrogen-bond acceptors (Lipinski definition) is 5. The molecular formula is C5H2N6O5. The van der Waals surface area contributed by atoms with Gasteiger partial charge in [0.2, 0.25) is 0 Å². The zero-order valence-electron chi connectivity index (χ0n) is 7.35. The highest BCUT2D eigenvalue weighted by Crippen LogP contribution is 1.77. The molecule has 16 heavy (non-hydrogen) atoms. The summed E-state index contributed by atoms with van der Waals surface area (Å²) in [6.45, 7) is 0. The first-order valence-corrected chi connectivity index (χ1v) is 3.92. The molecular weight excluding hydrogens is 224 g/mol. The third kappa shape index (κ3) is 0.563. The largest absolute Gasteiger partial charge is 0.388 e. The number of rotatable bonds is 0. The lowest BCUT2D eigenvalue weighted by Gasteiger charge is -2.16. The minimum Gasteiger partial charge on any atom is -0.350 e. The first-order valence-electron chi connectivity index (χ1n) is 3.92. The fourth-order valence-electron chi connectivity index (χ4n) is 1.60. The summed E-state index contributed by atoms with van der Waals surface area (Å²) in [6.07, 6.45) is 0. The molecule has 0 aliphatic carbocycles. The molecule has 0 saturated heterocycles. The van der Waals surface area contributed by atoms with E-state index in [0.717, 1.165) is 0 Å². The summed E-state index contributed by atoms with van der Waals surface area (Å²) in [4.78, 5) is 56.4. The van der Waals surface area contributed by atoms with Crippen molar-refractivity contribution in [3.63, 3.8) is 0 Å². The number of nitrogens with zero attached hydrogens (tertiary/aromatic N) is 5. The van der Waals surface area contributed by atoms with Crippen LogP contribution in [0.3, 0.4) is 0 Å². The maximum Gasteiger partial charge on any atom is 0.388 e. The Balaban J connectivity index is 2.89. The molecule has 0 radical (unpaired) electrons. The van der Waals surface area contributed by atoms with E-state index in [1.807, 2.05) is 0 Å². The Labute approximate surface area is 82.4 Å². The van der Waals surface area contributed by atoms with E-state index in [4.69, 9.17) is 5.73 Å². The van der Waals surface area contributed by atoms with E-state index >= 15 is 0 Å². The third-order valence-corrected chi connectivity index (χ3v) is 2.23. The van der Waals surface area contributed by atoms with Gasteiger partial charge in [-0.25, -0.2) is 24.0 Å². The van der Waals surface area contributed by atoms with Gasteiger partial charge in [0.25, 0.3) is 0 Å². The van der Waals surface area contributed by atoms with Gasteiger partial charge >= 0.3 is 28.8 Å². The Morgan fingerprint density at radius 3 is 1.69 bits per heavy atom. The molecule has 11 heteroatoms. The van der Waals surface area contributed by atoms with Crippen molar-refractivity contribution in [1.82, 2.24) is 22.9 Å². The van der Waals surface area contributed by atoms with Gasteiger partial charge in [0, 0.05) is 0 Å². The molecule has 0 aromatic carbocycles. The zero-order chi connectivity index (χ0) is 11.8. The predicted octanol–water partition coefficient (Wildman–Crippen LogP) is -4.56. The molecule has 1 amide bonds. The molecule has 0 aliphatic heterocycles. The van der Waals surface area contributed by atoms with Gasteiger partial charge in [-0.3, -0.25) is 0 Å². The average Bonchev–Trinajstić information content (AvgIpc) is 2.17. The van der Waals surface area contributed by atoms with Crippen molar-refractivity contribution in [3.05, 3.63) is 41.9 Å². The number of hydrogen-bond donors (Lipinski definition) is 1. The second-order valence-electron chi connectivity index (χ2n) is 3.01. The van der Waals surface area contributed by atoms with Crippen LogP contribution < -0.4 is 28.5 Å². The number of fused-ring (bicyclic) bond motifs is 1. The molecule has 11 nitrogen and oxygen atoms in total. The van der Waals surface area contributed by atoms with E-state index < -0.39 is 28.8 Å². The van der Waals surface area contributed by atoms with Gasteiger partial charge in [-0.1, -0.05) is 0 Å². The van der Waals surface area contributed by atoms with E-state index in [-0.39, 0.29) is 9.20 Å². The minimum atomic E-state index is -1.29. The van der Waals surface area contributed by atoms with Crippen LogP contribution >= 0.6 is 0 Å². The standard InChI is InChI=1S/C5H2N6O5/c6-1(12)7-5(16)11-9-2(13)8(7)3(14)10(11)4(9)15/h(H2,6,12). The summed E-state index contributed by atoms with van der Waals surface area (Å²) >= 11 is 0. The summed E-state index contributed by atoms with van der Waals surface area (Å²) in [5.41, 5.74) is 0.600. The van der Waals surface area contributed by atoms with Gasteiger partial charge in [-0.2, -0.15) is 0 Å². The van der Waals surface area contributed by atoms with Gasteiger partial charge < -0.3 is 5.73 Å². The Morgan fingerprint density at radius 2 is 1.25 bits per heavy atom. The SMILES string of the molecule is NC(=O)n1c(=O)n2n3c(=O)n1c(=O)n2c3=O. The summed E-state index contributed by atoms with van der Waals surface area (Å²) in [5.74, 6) is 0. The number of carbonyl (C=O) groups excluding carboxylic acids is 1. The molecule has 0 spiro atoms. The van der Waals surface area contributed by atoms with Gasteiger partial charge in [0.15, 0.2) is 0 Å². The second-order valence-corrected chi connectivity index (χ2v) is 3.01. The van der Waals surface area contributed by atoms with Crippen LogP contribution in [0.25, 0.3) is 0 Å². The minimum absolute atomic E-state index is 0.157. The molecule has 5 aromatic heterocycles. The van der Waals surface area contributed by atoms with E-state index in [9.17, 15) is 24.0 Å². The molecule has 0 atom stereocenters. The molecule has 5 rings (SSSR count). The Morgan fingerprint density at radius 1 is 0.812 bits per heavy atom. The lowest BCUT2D eigenvalue weighted by Crippen LogP contribution is -2.69. The summed E-state index contributed by atoms with van der Waals surface area (Å²) in [7, 11) is 0. The summed E-state index contributed by atoms with van der Waals surface area (Å²) < 4.78 is 1.64. The van der Waals surface area contributed by atoms with Crippen LogP contribution in [-0.2, 0) is 0 Å². The van der Waals surface area contributed by atoms with E-state index in [0.29, 0.717) is 13.7 Å². The van der Waals surface area contributed by atoms with Crippen molar-refractivity contribution < 1.29 is 4.79 Å². The Kier molecular flexibility index (Phi) is 1.08. The number of amides is 1. The summed E-state index contributed by atoms with van der Waals surface area (Å²) in [6, 6.07) is -1.29. The first kappa shape index (κ1) is 8.46. The van der Waals surface area contributed by atoms with E-state index in [1.165, 1.54) is 0 Å². The molecule has 0 fully saturated rings. The highest BCUT2D eigenvalue weighted by atomic mass is 16.2. The molecule has 2 N–H and O–H groups in total. The number of aromatic nitrogens is 5. The average molecular weight is 226 g/mol. The van der Waals surface area contributed by atoms with Crippen LogP contribution in [0.2, 0.25) is 0 Å². The molecule has 0 aliphatic rings. The number of carbonyl (C=O) groups is 1. The number of primary amides is 1. The third-order valence-electron chi connectivity index (χ3n) is 2.23. The van der Waals surface area contributed by atoms with E-state index in [2.05, 4.69) is 0 Å². The van der Waals surface area contributed by atoms with Crippen LogP contribution in [0.1, 0.15) is 0 Å². The van der Waals surface area contributed by atoms with Crippen molar-refractivity contribution in [2.75, 3.05) is 0 Å². The monoisotopic (exact) mass is 226 g/mol. The zero-order valence-corrected chi connectivity index (χ0v) is 7.35. The van der Waals surface area contributed by atoms with Crippen LogP contribution in [0.4, 0.5) is 4.79 Å². The second kappa shape index (κ2) is 2.05. The maximum atomic E-state index is 11.5. The Bertz CT molecular complexity index is 894. The highest BCUT2D eigenvalue weighted by Gasteiger charge is 2.28. The van der Waals surface area contributed by atoms with Crippen LogP contribution in [0.5, 0.6) is 0 Å². The highest BCUT2D eigenvalue weighted by molar-refractivity contribution is 5.73. The molecule has 5 aromatic rings. The smallest absolute Gasteiger partial charge is 0.350 e. The van der Waals surface area contributed by atoms with Crippen LogP contribution in [0, 0.1) is 0 Å². The van der Waals surface area contributed by atoms with Gasteiger partial charge in [0.1, 0.15) is 0 Å². The normalized spacial score (nSPS) is 12.0. The topological polar surface area (TPSA) is 134 Å². The lowest BCUT2D eigenvalue weighted by atomic mass is 10.8. The van der Waals surface area contributed by atoms with Crippen LogP contribution in [-0.4, -0.2) is 28.9 Å². The molecule has 82 valence electrons. The fraction of sp³-hybridized carbons (Fsp3) is 0. The van der Waals surface area contributed by atoms with Crippen molar-refractivity contribution in [2.45, 2.75) is 0 Å². The molecule has 0 unspecified atom stereocenters. The summed E-state index contributed by atoms with van der Waals surface area (Å²) in [5, 5.41) is 0. The molecule has 4 bridgehead atoms. The van der Waals surface area contributed by atoms with Crippen molar-refractivity contribution in [3.8, 4) is 0 Å². The number of nitrogens with two attached hydrogens (primary N) is 1. The van der Waals surface area contributed by atoms with Crippen LogP contribution in [0.15, 0.2) is 19.2 Å². The lowest BCUT2D eigenvalue weighted by molar-refractivity contribution is 0.233. The van der Waals surface area contributed by atoms with Gasteiger partial charge in [0.05, 0.1) is 0 Å². The predicted molar refractivity (Wildman–Crippen MR) is 45.7 cm³/mol. The van der Waals surface area contributed by atoms with Crippen molar-refractivity contribution in [1.29, 1.82) is 0 Å². The van der Waals surface area contributed by atoms with Gasteiger partial charge in [-0.15, -0.1) is 22.9 Å². The molecule has 5 heterocycles. The van der Waals surface area contributed by atoms with E-state index in [1.54, 1.807) is 0 Å². The molecule has 0 saturated carbocycles. The maximum absolute atomic E-state index is 11.5. The van der Waals surface area contributed by atoms with Gasteiger partial charge in [-0.05, 0) is 0 Å². The van der Waals surface area contributed by atoms with Crippen molar-refractivity contribution >= 4 is 6.03 Å². The van der Waals surface area contributed by atoms with Crippen molar-refractivity contribution in [2.24, 2.45) is 5.73 Å². The Hall–Kier alpha value is -2.85. The quantitative estimate of drug-likeness (QED) is 0.411. The fourth-order valence-corrected chi connectivity index (χ4v) is 1.60.